The first-order valence-corrected chi connectivity index (χ1v) is 12.4. The van der Waals surface area contributed by atoms with Crippen molar-refractivity contribution in [1.29, 1.82) is 0 Å². The average Bonchev–Trinajstić information content (AvgIpc) is 2.89. The van der Waals surface area contributed by atoms with Gasteiger partial charge in [-0.05, 0) is 84.2 Å². The molecule has 0 saturated carbocycles. The van der Waals surface area contributed by atoms with Crippen molar-refractivity contribution in [3.8, 4) is 0 Å². The minimum atomic E-state index is -0.621. The van der Waals surface area contributed by atoms with Crippen LogP contribution in [0.1, 0.15) is 71.4 Å². The van der Waals surface area contributed by atoms with Crippen molar-refractivity contribution in [1.82, 2.24) is 21.2 Å². The van der Waals surface area contributed by atoms with Crippen molar-refractivity contribution in [3.05, 3.63) is 82.9 Å². The van der Waals surface area contributed by atoms with Crippen molar-refractivity contribution in [2.75, 3.05) is 13.1 Å². The van der Waals surface area contributed by atoms with E-state index in [1.807, 2.05) is 0 Å². The zero-order chi connectivity index (χ0) is 25.0. The molecule has 0 spiro atoms. The number of carbonyl (C=O) groups excluding carboxylic acids is 2. The Balaban J connectivity index is 1.55. The van der Waals surface area contributed by atoms with E-state index in [1.54, 1.807) is 5.48 Å². The van der Waals surface area contributed by atoms with Crippen LogP contribution in [0.2, 0.25) is 0 Å². The molecule has 0 aliphatic carbocycles. The first kappa shape index (κ1) is 26.3. The van der Waals surface area contributed by atoms with E-state index >= 15 is 0 Å². The van der Waals surface area contributed by atoms with Crippen molar-refractivity contribution >= 4 is 22.6 Å². The molecule has 7 nitrogen and oxygen atoms in total. The zero-order valence-corrected chi connectivity index (χ0v) is 20.6. The molecule has 2 amide bonds. The topological polar surface area (TPSA) is 93.7 Å². The molecule has 0 saturated heterocycles. The van der Waals surface area contributed by atoms with Gasteiger partial charge in [0.15, 0.2) is 0 Å². The third kappa shape index (κ3) is 7.89. The fourth-order valence-corrected chi connectivity index (χ4v) is 3.98. The van der Waals surface area contributed by atoms with E-state index in [0.717, 1.165) is 25.2 Å². The van der Waals surface area contributed by atoms with Crippen LogP contribution < -0.4 is 16.3 Å². The summed E-state index contributed by atoms with van der Waals surface area (Å²) in [6.07, 6.45) is 4.90. The molecule has 0 fully saturated rings. The standard InChI is InChI=1S/C28H36N4O3/c1-3-5-15-32(16-6-4-2)20-22-8-10-25-17-21(7-9-26(25)18-22)19-29-30-27(33)23-11-13-24(14-12-23)28(34)31-35/h7-14,17-18,29,35H,3-6,15-16,19-20H2,1-2H3,(H,30,33)(H,31,34). The Hall–Kier alpha value is -3.26. The van der Waals surface area contributed by atoms with Crippen molar-refractivity contribution < 1.29 is 14.8 Å². The van der Waals surface area contributed by atoms with Gasteiger partial charge in [0.05, 0.1) is 0 Å². The number of amides is 2. The van der Waals surface area contributed by atoms with E-state index < -0.39 is 5.91 Å². The van der Waals surface area contributed by atoms with Gasteiger partial charge in [-0.1, -0.05) is 51.0 Å². The lowest BCUT2D eigenvalue weighted by Gasteiger charge is -2.22. The smallest absolute Gasteiger partial charge is 0.274 e. The summed E-state index contributed by atoms with van der Waals surface area (Å²) in [6, 6.07) is 19.0. The highest BCUT2D eigenvalue weighted by Gasteiger charge is 2.09. The average molecular weight is 477 g/mol. The SMILES string of the molecule is CCCCN(CCCC)Cc1ccc2cc(CNNC(=O)c3ccc(C(=O)NO)cc3)ccc2c1. The second kappa shape index (κ2) is 13.6. The second-order valence-electron chi connectivity index (χ2n) is 8.83. The first-order valence-electron chi connectivity index (χ1n) is 12.4. The molecule has 0 radical (unpaired) electrons. The van der Waals surface area contributed by atoms with Gasteiger partial charge >= 0.3 is 0 Å². The fraction of sp³-hybridized carbons (Fsp3) is 0.357. The number of hydrogen-bond donors (Lipinski definition) is 4. The number of hydrogen-bond acceptors (Lipinski definition) is 5. The number of rotatable bonds is 13. The largest absolute Gasteiger partial charge is 0.299 e. The van der Waals surface area contributed by atoms with Gasteiger partial charge in [0.2, 0.25) is 0 Å². The summed E-state index contributed by atoms with van der Waals surface area (Å²) in [5, 5.41) is 11.1. The number of unbranched alkanes of at least 4 members (excludes halogenated alkanes) is 2. The van der Waals surface area contributed by atoms with E-state index in [1.165, 1.54) is 66.3 Å². The van der Waals surface area contributed by atoms with Gasteiger partial charge in [-0.15, -0.1) is 0 Å². The van der Waals surface area contributed by atoms with Gasteiger partial charge in [0, 0.05) is 24.2 Å². The van der Waals surface area contributed by atoms with Crippen LogP contribution in [0.25, 0.3) is 10.8 Å². The number of nitrogens with zero attached hydrogens (tertiary/aromatic N) is 1. The minimum Gasteiger partial charge on any atom is -0.299 e. The van der Waals surface area contributed by atoms with Crippen LogP contribution in [-0.4, -0.2) is 35.0 Å². The molecule has 3 aromatic carbocycles. The summed E-state index contributed by atoms with van der Waals surface area (Å²) in [5.41, 5.74) is 10.3. The highest BCUT2D eigenvalue weighted by Crippen LogP contribution is 2.19. The molecule has 3 rings (SSSR count). The Morgan fingerprint density at radius 3 is 1.89 bits per heavy atom. The van der Waals surface area contributed by atoms with Crippen molar-refractivity contribution in [3.63, 3.8) is 0 Å². The fourth-order valence-electron chi connectivity index (χ4n) is 3.98. The van der Waals surface area contributed by atoms with Crippen LogP contribution in [0.5, 0.6) is 0 Å². The Kier molecular flexibility index (Phi) is 10.2. The molecule has 0 aliphatic heterocycles. The highest BCUT2D eigenvalue weighted by molar-refractivity contribution is 5.97. The quantitative estimate of drug-likeness (QED) is 0.210. The molecule has 3 aromatic rings. The maximum Gasteiger partial charge on any atom is 0.274 e. The maximum absolute atomic E-state index is 12.3. The molecule has 0 heterocycles. The predicted octanol–water partition coefficient (Wildman–Crippen LogP) is 4.80. The van der Waals surface area contributed by atoms with Crippen molar-refractivity contribution in [2.24, 2.45) is 0 Å². The number of fused-ring (bicyclic) bond motifs is 1. The van der Waals surface area contributed by atoms with Crippen LogP contribution >= 0.6 is 0 Å². The Labute approximate surface area is 207 Å². The summed E-state index contributed by atoms with van der Waals surface area (Å²) < 4.78 is 0. The molecule has 186 valence electrons. The second-order valence-corrected chi connectivity index (χ2v) is 8.83. The highest BCUT2D eigenvalue weighted by atomic mass is 16.5. The predicted molar refractivity (Wildman–Crippen MR) is 139 cm³/mol. The lowest BCUT2D eigenvalue weighted by molar-refractivity contribution is 0.0706. The number of hydrazine groups is 1. The summed E-state index contributed by atoms with van der Waals surface area (Å²) >= 11 is 0. The van der Waals surface area contributed by atoms with Gasteiger partial charge in [-0.3, -0.25) is 25.1 Å². The van der Waals surface area contributed by atoms with Crippen LogP contribution in [0.4, 0.5) is 0 Å². The monoisotopic (exact) mass is 476 g/mol. The Bertz CT molecular complexity index is 1110. The summed E-state index contributed by atoms with van der Waals surface area (Å²) in [4.78, 5) is 26.3. The molecule has 0 unspecified atom stereocenters. The van der Waals surface area contributed by atoms with Crippen LogP contribution in [0.3, 0.4) is 0 Å². The molecular formula is C28H36N4O3. The van der Waals surface area contributed by atoms with E-state index in [0.29, 0.717) is 12.1 Å². The minimum absolute atomic E-state index is 0.269. The summed E-state index contributed by atoms with van der Waals surface area (Å²) in [7, 11) is 0. The summed E-state index contributed by atoms with van der Waals surface area (Å²) in [6.45, 7) is 8.24. The lowest BCUT2D eigenvalue weighted by Crippen LogP contribution is -2.36. The van der Waals surface area contributed by atoms with E-state index in [2.05, 4.69) is 66.0 Å². The van der Waals surface area contributed by atoms with E-state index in [-0.39, 0.29) is 11.5 Å². The normalized spacial score (nSPS) is 11.1. The third-order valence-corrected chi connectivity index (χ3v) is 6.04. The van der Waals surface area contributed by atoms with Crippen LogP contribution in [0, 0.1) is 0 Å². The van der Waals surface area contributed by atoms with Crippen LogP contribution in [-0.2, 0) is 13.1 Å². The maximum atomic E-state index is 12.3. The Morgan fingerprint density at radius 1 is 0.771 bits per heavy atom. The van der Waals surface area contributed by atoms with Gasteiger partial charge in [0.1, 0.15) is 0 Å². The molecule has 0 bridgehead atoms. The van der Waals surface area contributed by atoms with Gasteiger partial charge in [0.25, 0.3) is 11.8 Å². The number of benzene rings is 3. The summed E-state index contributed by atoms with van der Waals surface area (Å²) in [5.74, 6) is -0.925. The van der Waals surface area contributed by atoms with E-state index in [9.17, 15) is 9.59 Å². The molecule has 0 aromatic heterocycles. The molecule has 7 heteroatoms. The van der Waals surface area contributed by atoms with Gasteiger partial charge < -0.3 is 0 Å². The Morgan fingerprint density at radius 2 is 1.31 bits per heavy atom. The lowest BCUT2D eigenvalue weighted by atomic mass is 10.0. The first-order chi connectivity index (χ1) is 17.0. The molecule has 35 heavy (non-hydrogen) atoms. The molecular weight excluding hydrogens is 440 g/mol. The van der Waals surface area contributed by atoms with E-state index in [4.69, 9.17) is 5.21 Å². The number of carbonyl (C=O) groups is 2. The van der Waals surface area contributed by atoms with Gasteiger partial charge in [-0.2, -0.15) is 0 Å². The zero-order valence-electron chi connectivity index (χ0n) is 20.6. The van der Waals surface area contributed by atoms with Gasteiger partial charge in [-0.25, -0.2) is 10.9 Å². The van der Waals surface area contributed by atoms with Crippen LogP contribution in [0.15, 0.2) is 60.7 Å². The number of nitrogens with one attached hydrogen (secondary N) is 3. The number of hydroxylamine groups is 1. The molecule has 0 atom stereocenters. The third-order valence-electron chi connectivity index (χ3n) is 6.04. The van der Waals surface area contributed by atoms with Crippen molar-refractivity contribution in [2.45, 2.75) is 52.6 Å². The molecule has 0 aliphatic rings. The molecule has 4 N–H and O–H groups in total.